The number of ether oxygens (including phenoxy) is 1. The largest absolute Gasteiger partial charge is 0.377 e. The van der Waals surface area contributed by atoms with Gasteiger partial charge in [-0.05, 0) is 35.9 Å². The Morgan fingerprint density at radius 1 is 1.14 bits per heavy atom. The van der Waals surface area contributed by atoms with Crippen molar-refractivity contribution < 1.29 is 17.9 Å². The molecule has 6 rings (SSSR count). The Bertz CT molecular complexity index is 1550. The van der Waals surface area contributed by atoms with E-state index < -0.39 is 15.9 Å². The van der Waals surface area contributed by atoms with Crippen molar-refractivity contribution in [3.63, 3.8) is 0 Å². The Morgan fingerprint density at radius 2 is 1.97 bits per heavy atom. The molecule has 1 unspecified atom stereocenters. The van der Waals surface area contributed by atoms with Crippen LogP contribution in [0.25, 0.3) is 22.3 Å². The van der Waals surface area contributed by atoms with Gasteiger partial charge in [0.25, 0.3) is 5.91 Å². The second-order valence-corrected chi connectivity index (χ2v) is 10.7. The topological polar surface area (TPSA) is 121 Å². The van der Waals surface area contributed by atoms with Gasteiger partial charge in [-0.1, -0.05) is 12.1 Å². The maximum atomic E-state index is 13.5. The molecular formula is C24H22N6O4S. The number of hydrogen-bond acceptors (Lipinski definition) is 8. The summed E-state index contributed by atoms with van der Waals surface area (Å²) in [4.78, 5) is 26.8. The van der Waals surface area contributed by atoms with Crippen LogP contribution in [0.3, 0.4) is 0 Å². The monoisotopic (exact) mass is 490 g/mol. The van der Waals surface area contributed by atoms with Crippen molar-refractivity contribution in [2.24, 2.45) is 0 Å². The fourth-order valence-electron chi connectivity index (χ4n) is 4.54. The molecule has 2 aliphatic rings. The second-order valence-electron chi connectivity index (χ2n) is 8.70. The van der Waals surface area contributed by atoms with Crippen LogP contribution in [0.4, 0.5) is 11.5 Å². The first-order chi connectivity index (χ1) is 16.9. The first-order valence-corrected chi connectivity index (χ1v) is 13.0. The molecule has 0 radical (unpaired) electrons. The minimum Gasteiger partial charge on any atom is -0.377 e. The van der Waals surface area contributed by atoms with Gasteiger partial charge < -0.3 is 14.5 Å². The number of amides is 1. The number of aromatic nitrogens is 4. The summed E-state index contributed by atoms with van der Waals surface area (Å²) in [6.45, 7) is 1.61. The lowest BCUT2D eigenvalue weighted by atomic mass is 10.1. The average molecular weight is 491 g/mol. The summed E-state index contributed by atoms with van der Waals surface area (Å²) in [6, 6.07) is 11.9. The van der Waals surface area contributed by atoms with Gasteiger partial charge in [-0.3, -0.25) is 9.89 Å². The van der Waals surface area contributed by atoms with Gasteiger partial charge in [0, 0.05) is 23.8 Å². The zero-order valence-corrected chi connectivity index (χ0v) is 19.7. The van der Waals surface area contributed by atoms with Gasteiger partial charge >= 0.3 is 0 Å². The van der Waals surface area contributed by atoms with Crippen LogP contribution in [0.1, 0.15) is 5.56 Å². The number of aromatic amines is 1. The highest BCUT2D eigenvalue weighted by atomic mass is 32.2. The maximum Gasteiger partial charge on any atom is 0.252 e. The number of hydrogen-bond donors (Lipinski definition) is 1. The molecule has 4 heterocycles. The fraction of sp³-hybridized carbons (Fsp3) is 0.250. The Balaban J connectivity index is 1.40. The van der Waals surface area contributed by atoms with Crippen molar-refractivity contribution in [1.82, 2.24) is 20.2 Å². The molecule has 10 nitrogen and oxygen atoms in total. The highest BCUT2D eigenvalue weighted by Crippen LogP contribution is 2.37. The summed E-state index contributed by atoms with van der Waals surface area (Å²) >= 11 is 0. The van der Waals surface area contributed by atoms with Crippen molar-refractivity contribution in [1.29, 1.82) is 0 Å². The van der Waals surface area contributed by atoms with E-state index in [0.717, 1.165) is 22.0 Å². The molecule has 1 atom stereocenters. The van der Waals surface area contributed by atoms with Crippen molar-refractivity contribution in [2.75, 3.05) is 35.8 Å². The summed E-state index contributed by atoms with van der Waals surface area (Å²) in [5, 5.41) is 7.97. The number of sulfone groups is 1. The van der Waals surface area contributed by atoms with Crippen LogP contribution in [0.2, 0.25) is 0 Å². The lowest BCUT2D eigenvalue weighted by molar-refractivity contribution is -0.122. The lowest BCUT2D eigenvalue weighted by Gasteiger charge is -2.43. The molecule has 11 heteroatoms. The summed E-state index contributed by atoms with van der Waals surface area (Å²) in [6.07, 6.45) is 4.61. The van der Waals surface area contributed by atoms with Crippen LogP contribution >= 0.6 is 0 Å². The van der Waals surface area contributed by atoms with E-state index in [9.17, 15) is 13.2 Å². The molecule has 4 aromatic rings. The molecule has 0 aliphatic carbocycles. The number of morpholine rings is 1. The van der Waals surface area contributed by atoms with Crippen molar-refractivity contribution in [3.05, 3.63) is 60.4 Å². The predicted octanol–water partition coefficient (Wildman–Crippen LogP) is 2.18. The number of H-pyrrole nitrogens is 1. The normalized spacial score (nSPS) is 18.0. The number of anilines is 2. The number of nitrogens with zero attached hydrogens (tertiary/aromatic N) is 5. The van der Waals surface area contributed by atoms with Crippen molar-refractivity contribution in [3.8, 4) is 11.4 Å². The van der Waals surface area contributed by atoms with Crippen LogP contribution in [0, 0.1) is 0 Å². The zero-order valence-electron chi connectivity index (χ0n) is 18.9. The van der Waals surface area contributed by atoms with Gasteiger partial charge in [0.2, 0.25) is 0 Å². The third-order valence-corrected chi connectivity index (χ3v) is 7.51. The maximum absolute atomic E-state index is 13.5. The molecule has 1 saturated heterocycles. The van der Waals surface area contributed by atoms with Crippen LogP contribution in [-0.2, 0) is 25.9 Å². The molecule has 0 saturated carbocycles. The zero-order chi connectivity index (χ0) is 24.2. The predicted molar refractivity (Wildman–Crippen MR) is 130 cm³/mol. The standard InChI is InChI=1S/C24H22N6O4S/c1-35(32,33)18-5-2-15(3-6-18)13-30-20-12-25-22(16-4-7-19-17(10-16)11-26-28-19)27-23(20)29-8-9-34-14-21(29)24(30)31/h2-7,10-12,21H,8-9,13-14H2,1H3,(H,26,28). The molecule has 1 N–H and O–H groups in total. The molecule has 1 amide bonds. The SMILES string of the molecule is CS(=O)(=O)c1ccc(CN2C(=O)C3COCCN3c3nc(-c4ccc5[nH]ncc5c4)ncc32)cc1. The Morgan fingerprint density at radius 3 is 2.77 bits per heavy atom. The minimum absolute atomic E-state index is 0.0967. The van der Waals surface area contributed by atoms with Crippen LogP contribution in [0.15, 0.2) is 59.8 Å². The first kappa shape index (κ1) is 21.7. The first-order valence-electron chi connectivity index (χ1n) is 11.1. The Labute approximate surface area is 201 Å². The van der Waals surface area contributed by atoms with Crippen LogP contribution < -0.4 is 9.80 Å². The van der Waals surface area contributed by atoms with Gasteiger partial charge in [0.1, 0.15) is 11.7 Å². The summed E-state index contributed by atoms with van der Waals surface area (Å²) < 4.78 is 29.2. The molecule has 178 valence electrons. The van der Waals surface area contributed by atoms with E-state index in [4.69, 9.17) is 9.72 Å². The van der Waals surface area contributed by atoms with E-state index in [2.05, 4.69) is 15.2 Å². The third-order valence-electron chi connectivity index (χ3n) is 6.38. The Hall–Kier alpha value is -3.83. The number of carbonyl (C=O) groups excluding carboxylic acids is 1. The van der Waals surface area contributed by atoms with E-state index in [1.54, 1.807) is 41.6 Å². The summed E-state index contributed by atoms with van der Waals surface area (Å²) in [5.41, 5.74) is 3.20. The highest BCUT2D eigenvalue weighted by molar-refractivity contribution is 7.90. The van der Waals surface area contributed by atoms with Gasteiger partial charge in [0.15, 0.2) is 21.5 Å². The van der Waals surface area contributed by atoms with E-state index in [0.29, 0.717) is 30.5 Å². The van der Waals surface area contributed by atoms with Crippen molar-refractivity contribution >= 4 is 38.2 Å². The van der Waals surface area contributed by atoms with Crippen molar-refractivity contribution in [2.45, 2.75) is 17.5 Å². The molecular weight excluding hydrogens is 468 g/mol. The minimum atomic E-state index is -3.30. The smallest absolute Gasteiger partial charge is 0.252 e. The number of carbonyl (C=O) groups is 1. The molecule has 2 aromatic heterocycles. The molecule has 1 fully saturated rings. The average Bonchev–Trinajstić information content (AvgIpc) is 3.34. The number of nitrogens with one attached hydrogen (secondary N) is 1. The second kappa shape index (κ2) is 8.14. The summed E-state index contributed by atoms with van der Waals surface area (Å²) in [7, 11) is -3.30. The van der Waals surface area contributed by atoms with Gasteiger partial charge in [-0.15, -0.1) is 0 Å². The number of benzene rings is 2. The third kappa shape index (κ3) is 3.82. The number of rotatable bonds is 4. The van der Waals surface area contributed by atoms with E-state index >= 15 is 0 Å². The van der Waals surface area contributed by atoms with E-state index in [-0.39, 0.29) is 24.0 Å². The quantitative estimate of drug-likeness (QED) is 0.462. The van der Waals surface area contributed by atoms with Gasteiger partial charge in [0.05, 0.1) is 42.6 Å². The summed E-state index contributed by atoms with van der Waals surface area (Å²) in [5.74, 6) is 1.15. The van der Waals surface area contributed by atoms with Crippen LogP contribution in [0.5, 0.6) is 0 Å². The molecule has 2 aromatic carbocycles. The highest BCUT2D eigenvalue weighted by Gasteiger charge is 2.41. The van der Waals surface area contributed by atoms with Gasteiger partial charge in [-0.2, -0.15) is 5.10 Å². The molecule has 0 bridgehead atoms. The number of fused-ring (bicyclic) bond motifs is 4. The Kier molecular flexibility index (Phi) is 5.04. The molecule has 2 aliphatic heterocycles. The lowest BCUT2D eigenvalue weighted by Crippen LogP contribution is -2.58. The molecule has 35 heavy (non-hydrogen) atoms. The van der Waals surface area contributed by atoms with E-state index in [1.165, 1.54) is 6.26 Å². The van der Waals surface area contributed by atoms with Gasteiger partial charge in [-0.25, -0.2) is 18.4 Å². The molecule has 0 spiro atoms. The van der Waals surface area contributed by atoms with E-state index in [1.807, 2.05) is 23.1 Å². The van der Waals surface area contributed by atoms with Crippen LogP contribution in [-0.4, -0.2) is 66.5 Å². The fourth-order valence-corrected chi connectivity index (χ4v) is 5.17.